The molecule has 1 unspecified atom stereocenters. The van der Waals surface area contributed by atoms with Gasteiger partial charge in [0.2, 0.25) is 0 Å². The minimum atomic E-state index is -4.15. The number of aliphatic hydroxyl groups is 1. The van der Waals surface area contributed by atoms with Crippen molar-refractivity contribution in [1.82, 2.24) is 5.32 Å². The molecule has 0 aliphatic rings. The number of ether oxygens (including phenoxy) is 1. The maximum atomic E-state index is 12.1. The summed E-state index contributed by atoms with van der Waals surface area (Å²) in [5.74, 6) is 0. The van der Waals surface area contributed by atoms with Gasteiger partial charge in [-0.25, -0.2) is 0 Å². The third-order valence-electron chi connectivity index (χ3n) is 3.21. The Kier molecular flexibility index (Phi) is 7.14. The molecule has 0 saturated carbocycles. The first-order valence-electron chi connectivity index (χ1n) is 6.99. The van der Waals surface area contributed by atoms with E-state index in [0.717, 1.165) is 5.56 Å². The van der Waals surface area contributed by atoms with Crippen LogP contribution in [0.2, 0.25) is 0 Å². The predicted octanol–water partition coefficient (Wildman–Crippen LogP) is 2.84. The SMILES string of the molecule is CCNC(CO)(COCCCC(F)(F)F)c1ccccc1. The van der Waals surface area contributed by atoms with E-state index in [1.807, 2.05) is 37.3 Å². The second-order valence-corrected chi connectivity index (χ2v) is 4.91. The predicted molar refractivity (Wildman–Crippen MR) is 75.0 cm³/mol. The highest BCUT2D eigenvalue weighted by molar-refractivity contribution is 5.25. The Balaban J connectivity index is 2.59. The van der Waals surface area contributed by atoms with Crippen LogP contribution >= 0.6 is 0 Å². The van der Waals surface area contributed by atoms with Gasteiger partial charge in [0.15, 0.2) is 0 Å². The van der Waals surface area contributed by atoms with E-state index in [9.17, 15) is 18.3 Å². The highest BCUT2D eigenvalue weighted by Crippen LogP contribution is 2.23. The first kappa shape index (κ1) is 17.9. The number of nitrogens with one attached hydrogen (secondary N) is 1. The van der Waals surface area contributed by atoms with Crippen LogP contribution in [0.25, 0.3) is 0 Å². The van der Waals surface area contributed by atoms with Gasteiger partial charge in [0, 0.05) is 13.0 Å². The number of likely N-dealkylation sites (N-methyl/N-ethyl adjacent to an activating group) is 1. The molecule has 2 N–H and O–H groups in total. The third-order valence-corrected chi connectivity index (χ3v) is 3.21. The van der Waals surface area contributed by atoms with Gasteiger partial charge in [0.25, 0.3) is 0 Å². The number of benzene rings is 1. The molecule has 0 heterocycles. The zero-order valence-electron chi connectivity index (χ0n) is 12.1. The number of halogens is 3. The average molecular weight is 305 g/mol. The molecule has 120 valence electrons. The van der Waals surface area contributed by atoms with Gasteiger partial charge in [-0.15, -0.1) is 0 Å². The Morgan fingerprint density at radius 1 is 1.19 bits per heavy atom. The van der Waals surface area contributed by atoms with Crippen molar-refractivity contribution in [3.63, 3.8) is 0 Å². The lowest BCUT2D eigenvalue weighted by Gasteiger charge is -2.33. The standard InChI is InChI=1S/C15H22F3NO2/c1-2-19-14(11-20,13-7-4-3-5-8-13)12-21-10-6-9-15(16,17)18/h3-5,7-8,19-20H,2,6,9-12H2,1H3. The van der Waals surface area contributed by atoms with Gasteiger partial charge < -0.3 is 15.2 Å². The highest BCUT2D eigenvalue weighted by atomic mass is 19.4. The Morgan fingerprint density at radius 3 is 2.38 bits per heavy atom. The van der Waals surface area contributed by atoms with Crippen molar-refractivity contribution in [2.45, 2.75) is 31.5 Å². The molecule has 6 heteroatoms. The van der Waals surface area contributed by atoms with Crippen LogP contribution in [0.1, 0.15) is 25.3 Å². The minimum absolute atomic E-state index is 0.0134. The molecule has 0 bridgehead atoms. The van der Waals surface area contributed by atoms with Crippen molar-refractivity contribution in [1.29, 1.82) is 0 Å². The summed E-state index contributed by atoms with van der Waals surface area (Å²) >= 11 is 0. The maximum absolute atomic E-state index is 12.1. The number of alkyl halides is 3. The molecule has 0 aliphatic heterocycles. The molecule has 1 aromatic carbocycles. The lowest BCUT2D eigenvalue weighted by Crippen LogP contribution is -2.49. The molecule has 0 radical (unpaired) electrons. The first-order chi connectivity index (χ1) is 9.93. The molecule has 21 heavy (non-hydrogen) atoms. The Morgan fingerprint density at radius 2 is 1.86 bits per heavy atom. The Bertz CT molecular complexity index is 398. The molecule has 1 atom stereocenters. The summed E-state index contributed by atoms with van der Waals surface area (Å²) in [4.78, 5) is 0. The van der Waals surface area contributed by atoms with Gasteiger partial charge in [-0.3, -0.25) is 0 Å². The number of hydrogen-bond donors (Lipinski definition) is 2. The van der Waals surface area contributed by atoms with Crippen LogP contribution in [-0.2, 0) is 10.3 Å². The highest BCUT2D eigenvalue weighted by Gasteiger charge is 2.31. The molecular formula is C15H22F3NO2. The van der Waals surface area contributed by atoms with Gasteiger partial charge in [0.05, 0.1) is 18.8 Å². The van der Waals surface area contributed by atoms with E-state index in [1.54, 1.807) is 0 Å². The van der Waals surface area contributed by atoms with E-state index >= 15 is 0 Å². The largest absolute Gasteiger partial charge is 0.394 e. The summed E-state index contributed by atoms with van der Waals surface area (Å²) < 4.78 is 41.6. The smallest absolute Gasteiger partial charge is 0.389 e. The van der Waals surface area contributed by atoms with Crippen LogP contribution in [0.5, 0.6) is 0 Å². The number of aliphatic hydroxyl groups excluding tert-OH is 1. The normalized spacial score (nSPS) is 14.9. The van der Waals surface area contributed by atoms with Gasteiger partial charge in [-0.1, -0.05) is 37.3 Å². The van der Waals surface area contributed by atoms with Crippen molar-refractivity contribution in [2.75, 3.05) is 26.4 Å². The number of rotatable bonds is 9. The van der Waals surface area contributed by atoms with E-state index in [1.165, 1.54) is 0 Å². The second-order valence-electron chi connectivity index (χ2n) is 4.91. The minimum Gasteiger partial charge on any atom is -0.394 e. The van der Waals surface area contributed by atoms with E-state index in [2.05, 4.69) is 5.32 Å². The molecule has 3 nitrogen and oxygen atoms in total. The van der Waals surface area contributed by atoms with Crippen LogP contribution in [0, 0.1) is 0 Å². The fourth-order valence-electron chi connectivity index (χ4n) is 2.15. The van der Waals surface area contributed by atoms with E-state index < -0.39 is 18.1 Å². The number of hydrogen-bond acceptors (Lipinski definition) is 3. The van der Waals surface area contributed by atoms with Gasteiger partial charge in [0.1, 0.15) is 0 Å². The molecule has 0 aromatic heterocycles. The molecule has 0 amide bonds. The maximum Gasteiger partial charge on any atom is 0.389 e. The van der Waals surface area contributed by atoms with Crippen molar-refractivity contribution >= 4 is 0 Å². The van der Waals surface area contributed by atoms with Gasteiger partial charge in [-0.2, -0.15) is 13.2 Å². The lowest BCUT2D eigenvalue weighted by molar-refractivity contribution is -0.138. The van der Waals surface area contributed by atoms with Crippen molar-refractivity contribution in [3.05, 3.63) is 35.9 Å². The zero-order valence-corrected chi connectivity index (χ0v) is 12.1. The molecule has 1 aromatic rings. The fourth-order valence-corrected chi connectivity index (χ4v) is 2.15. The van der Waals surface area contributed by atoms with E-state index in [4.69, 9.17) is 4.74 Å². The van der Waals surface area contributed by atoms with E-state index in [0.29, 0.717) is 6.54 Å². The van der Waals surface area contributed by atoms with Gasteiger partial charge in [-0.05, 0) is 18.5 Å². The summed E-state index contributed by atoms with van der Waals surface area (Å²) in [5, 5.41) is 12.9. The lowest BCUT2D eigenvalue weighted by atomic mass is 9.91. The van der Waals surface area contributed by atoms with Gasteiger partial charge >= 0.3 is 6.18 Å². The van der Waals surface area contributed by atoms with Crippen LogP contribution in [0.15, 0.2) is 30.3 Å². The molecule has 0 saturated heterocycles. The molecular weight excluding hydrogens is 283 g/mol. The average Bonchev–Trinajstić information content (AvgIpc) is 2.45. The molecule has 0 fully saturated rings. The van der Waals surface area contributed by atoms with Crippen LogP contribution in [0.4, 0.5) is 13.2 Å². The topological polar surface area (TPSA) is 41.5 Å². The monoisotopic (exact) mass is 305 g/mol. The summed E-state index contributed by atoms with van der Waals surface area (Å²) in [6, 6.07) is 9.28. The summed E-state index contributed by atoms with van der Waals surface area (Å²) in [5.41, 5.74) is 0.0685. The van der Waals surface area contributed by atoms with Crippen molar-refractivity contribution < 1.29 is 23.0 Å². The summed E-state index contributed by atoms with van der Waals surface area (Å²) in [6.07, 6.45) is -5.09. The third kappa shape index (κ3) is 6.03. The van der Waals surface area contributed by atoms with Crippen LogP contribution < -0.4 is 5.32 Å². The zero-order chi connectivity index (χ0) is 15.8. The fraction of sp³-hybridized carbons (Fsp3) is 0.600. The molecule has 0 aliphatic carbocycles. The summed E-state index contributed by atoms with van der Waals surface area (Å²) in [6.45, 7) is 2.46. The van der Waals surface area contributed by atoms with Crippen LogP contribution in [0.3, 0.4) is 0 Å². The Labute approximate surface area is 123 Å². The quantitative estimate of drug-likeness (QED) is 0.689. The van der Waals surface area contributed by atoms with E-state index in [-0.39, 0.29) is 26.2 Å². The van der Waals surface area contributed by atoms with Crippen molar-refractivity contribution in [3.8, 4) is 0 Å². The Hall–Kier alpha value is -1.11. The van der Waals surface area contributed by atoms with Crippen molar-refractivity contribution in [2.24, 2.45) is 0 Å². The first-order valence-corrected chi connectivity index (χ1v) is 6.99. The van der Waals surface area contributed by atoms with Crippen LogP contribution in [-0.4, -0.2) is 37.6 Å². The second kappa shape index (κ2) is 8.36. The molecule has 0 spiro atoms. The summed E-state index contributed by atoms with van der Waals surface area (Å²) in [7, 11) is 0. The molecule has 1 rings (SSSR count).